The summed E-state index contributed by atoms with van der Waals surface area (Å²) >= 11 is 11.3. The molecular weight excluding hydrogens is 440 g/mol. The standard InChI is InChI=1S/C9H5Br3N2O2S/c1-15-6-2-5(11)7(3-4(6)10)16-9-14-13-8(12)17-9/h2-3H,1H3. The summed E-state index contributed by atoms with van der Waals surface area (Å²) in [5.74, 6) is 1.36. The lowest BCUT2D eigenvalue weighted by molar-refractivity contribution is 0.409. The Morgan fingerprint density at radius 2 is 1.71 bits per heavy atom. The molecule has 0 aliphatic rings. The minimum absolute atomic E-state index is 0.467. The number of hydrogen-bond donors (Lipinski definition) is 0. The second kappa shape index (κ2) is 5.64. The Balaban J connectivity index is 2.30. The van der Waals surface area contributed by atoms with Crippen LogP contribution in [0.4, 0.5) is 0 Å². The predicted molar refractivity (Wildman–Crippen MR) is 76.1 cm³/mol. The van der Waals surface area contributed by atoms with E-state index >= 15 is 0 Å². The number of halogens is 3. The second-order valence-electron chi connectivity index (χ2n) is 2.84. The lowest BCUT2D eigenvalue weighted by Crippen LogP contribution is -1.89. The zero-order valence-corrected chi connectivity index (χ0v) is 14.0. The maximum atomic E-state index is 5.59. The van der Waals surface area contributed by atoms with E-state index in [1.54, 1.807) is 13.2 Å². The van der Waals surface area contributed by atoms with Crippen LogP contribution >= 0.6 is 59.1 Å². The predicted octanol–water partition coefficient (Wildman–Crippen LogP) is 4.63. The summed E-state index contributed by atoms with van der Waals surface area (Å²) in [4.78, 5) is 0. The van der Waals surface area contributed by atoms with Crippen molar-refractivity contribution in [3.63, 3.8) is 0 Å². The van der Waals surface area contributed by atoms with Gasteiger partial charge in [-0.3, -0.25) is 0 Å². The molecule has 1 heterocycles. The summed E-state index contributed by atoms with van der Waals surface area (Å²) in [6.07, 6.45) is 0. The monoisotopic (exact) mass is 442 g/mol. The van der Waals surface area contributed by atoms with E-state index in [0.29, 0.717) is 14.9 Å². The summed E-state index contributed by atoms with van der Waals surface area (Å²) in [5, 5.41) is 8.13. The molecule has 0 saturated carbocycles. The smallest absolute Gasteiger partial charge is 0.300 e. The van der Waals surface area contributed by atoms with Gasteiger partial charge >= 0.3 is 0 Å². The van der Waals surface area contributed by atoms with Gasteiger partial charge in [-0.25, -0.2) is 0 Å². The molecule has 8 heteroatoms. The Hall–Kier alpha value is -0.180. The average molecular weight is 445 g/mol. The van der Waals surface area contributed by atoms with Crippen LogP contribution in [0.15, 0.2) is 25.0 Å². The van der Waals surface area contributed by atoms with Crippen LogP contribution in [0, 0.1) is 0 Å². The lowest BCUT2D eigenvalue weighted by atomic mass is 10.3. The lowest BCUT2D eigenvalue weighted by Gasteiger charge is -2.08. The third-order valence-corrected chi connectivity index (χ3v) is 4.26. The van der Waals surface area contributed by atoms with Gasteiger partial charge in [-0.15, -0.1) is 5.10 Å². The number of hydrogen-bond acceptors (Lipinski definition) is 5. The van der Waals surface area contributed by atoms with Crippen LogP contribution in [0.1, 0.15) is 0 Å². The van der Waals surface area contributed by atoms with Crippen molar-refractivity contribution in [3.8, 4) is 16.7 Å². The zero-order valence-electron chi connectivity index (χ0n) is 8.41. The summed E-state index contributed by atoms with van der Waals surface area (Å²) in [7, 11) is 1.61. The molecule has 1 aromatic heterocycles. The van der Waals surface area contributed by atoms with Crippen molar-refractivity contribution < 1.29 is 9.47 Å². The van der Waals surface area contributed by atoms with Crippen molar-refractivity contribution in [1.82, 2.24) is 10.2 Å². The maximum Gasteiger partial charge on any atom is 0.300 e. The first-order valence-corrected chi connectivity index (χ1v) is 7.49. The third kappa shape index (κ3) is 3.18. The van der Waals surface area contributed by atoms with Gasteiger partial charge in [-0.2, -0.15) is 0 Å². The SMILES string of the molecule is COc1cc(Br)c(Oc2nnc(Br)s2)cc1Br. The van der Waals surface area contributed by atoms with Gasteiger partial charge in [0, 0.05) is 6.07 Å². The summed E-state index contributed by atoms with van der Waals surface area (Å²) in [6.45, 7) is 0. The van der Waals surface area contributed by atoms with Crippen LogP contribution in [0.25, 0.3) is 0 Å². The highest BCUT2D eigenvalue weighted by Crippen LogP contribution is 2.38. The molecule has 4 nitrogen and oxygen atoms in total. The quantitative estimate of drug-likeness (QED) is 0.692. The van der Waals surface area contributed by atoms with Crippen LogP contribution in [0.2, 0.25) is 0 Å². The van der Waals surface area contributed by atoms with Crippen molar-refractivity contribution in [2.45, 2.75) is 0 Å². The second-order valence-corrected chi connectivity index (χ2v) is 6.76. The van der Waals surface area contributed by atoms with Crippen LogP contribution in [-0.2, 0) is 0 Å². The number of ether oxygens (including phenoxy) is 2. The van der Waals surface area contributed by atoms with E-state index in [9.17, 15) is 0 Å². The van der Waals surface area contributed by atoms with E-state index in [1.807, 2.05) is 6.07 Å². The van der Waals surface area contributed by atoms with Gasteiger partial charge in [-0.05, 0) is 65.2 Å². The van der Waals surface area contributed by atoms with Crippen molar-refractivity contribution in [2.75, 3.05) is 7.11 Å². The van der Waals surface area contributed by atoms with E-state index in [0.717, 1.165) is 14.7 Å². The molecule has 2 rings (SSSR count). The molecule has 0 spiro atoms. The Labute approximate surface area is 127 Å². The number of benzene rings is 1. The van der Waals surface area contributed by atoms with Gasteiger partial charge in [0.15, 0.2) is 3.92 Å². The van der Waals surface area contributed by atoms with Gasteiger partial charge in [0.25, 0.3) is 5.19 Å². The molecule has 0 bridgehead atoms. The van der Waals surface area contributed by atoms with Crippen LogP contribution in [-0.4, -0.2) is 17.3 Å². The Morgan fingerprint density at radius 1 is 1.06 bits per heavy atom. The van der Waals surface area contributed by atoms with Crippen LogP contribution in [0.5, 0.6) is 16.7 Å². The van der Waals surface area contributed by atoms with Crippen LogP contribution < -0.4 is 9.47 Å². The van der Waals surface area contributed by atoms with Crippen molar-refractivity contribution in [1.29, 1.82) is 0 Å². The molecule has 2 aromatic rings. The third-order valence-electron chi connectivity index (χ3n) is 1.79. The molecule has 1 aromatic carbocycles. The number of rotatable bonds is 3. The number of methoxy groups -OCH3 is 1. The molecule has 90 valence electrons. The molecule has 0 radical (unpaired) electrons. The van der Waals surface area contributed by atoms with Gasteiger partial charge in [0.2, 0.25) is 0 Å². The summed E-state index contributed by atoms with van der Waals surface area (Å²) in [6, 6.07) is 3.62. The zero-order chi connectivity index (χ0) is 12.4. The van der Waals surface area contributed by atoms with E-state index in [1.165, 1.54) is 11.3 Å². The van der Waals surface area contributed by atoms with Crippen molar-refractivity contribution in [2.24, 2.45) is 0 Å². The fourth-order valence-corrected chi connectivity index (χ4v) is 2.89. The van der Waals surface area contributed by atoms with Crippen molar-refractivity contribution in [3.05, 3.63) is 25.0 Å². The molecule has 0 atom stereocenters. The maximum absolute atomic E-state index is 5.59. The van der Waals surface area contributed by atoms with Gasteiger partial charge in [-0.1, -0.05) is 5.10 Å². The largest absolute Gasteiger partial charge is 0.496 e. The minimum atomic E-state index is 0.467. The molecule has 0 fully saturated rings. The minimum Gasteiger partial charge on any atom is -0.496 e. The topological polar surface area (TPSA) is 44.2 Å². The van der Waals surface area contributed by atoms with E-state index in [-0.39, 0.29) is 0 Å². The number of nitrogens with zero attached hydrogens (tertiary/aromatic N) is 2. The molecule has 0 unspecified atom stereocenters. The molecule has 17 heavy (non-hydrogen) atoms. The first-order chi connectivity index (χ1) is 8.10. The fraction of sp³-hybridized carbons (Fsp3) is 0.111. The van der Waals surface area contributed by atoms with E-state index in [2.05, 4.69) is 58.0 Å². The van der Waals surface area contributed by atoms with E-state index < -0.39 is 0 Å². The molecular formula is C9H5Br3N2O2S. The van der Waals surface area contributed by atoms with Crippen molar-refractivity contribution >= 4 is 59.1 Å². The fourth-order valence-electron chi connectivity index (χ4n) is 1.07. The molecule has 0 saturated heterocycles. The highest BCUT2D eigenvalue weighted by molar-refractivity contribution is 9.11. The first-order valence-electron chi connectivity index (χ1n) is 4.30. The Bertz CT molecular complexity index is 547. The average Bonchev–Trinajstić information content (AvgIpc) is 2.69. The normalized spacial score (nSPS) is 10.4. The molecule has 0 amide bonds. The van der Waals surface area contributed by atoms with E-state index in [4.69, 9.17) is 9.47 Å². The van der Waals surface area contributed by atoms with Crippen LogP contribution in [0.3, 0.4) is 0 Å². The van der Waals surface area contributed by atoms with Gasteiger partial charge < -0.3 is 9.47 Å². The molecule has 0 aliphatic heterocycles. The highest BCUT2D eigenvalue weighted by atomic mass is 79.9. The highest BCUT2D eigenvalue weighted by Gasteiger charge is 2.11. The van der Waals surface area contributed by atoms with Gasteiger partial charge in [0.05, 0.1) is 16.1 Å². The Kier molecular flexibility index (Phi) is 4.40. The summed E-state index contributed by atoms with van der Waals surface area (Å²) in [5.41, 5.74) is 0. The first kappa shape index (κ1) is 13.3. The number of aromatic nitrogens is 2. The Morgan fingerprint density at radius 3 is 2.29 bits per heavy atom. The molecule has 0 aliphatic carbocycles. The van der Waals surface area contributed by atoms with Gasteiger partial charge in [0.1, 0.15) is 11.5 Å². The molecule has 0 N–H and O–H groups in total. The summed E-state index contributed by atoms with van der Waals surface area (Å²) < 4.78 is 13.0.